The third-order valence-electron chi connectivity index (χ3n) is 4.74. The molecule has 0 aliphatic carbocycles. The van der Waals surface area contributed by atoms with Gasteiger partial charge in [-0.25, -0.2) is 13.7 Å². The second kappa shape index (κ2) is 10.4. The van der Waals surface area contributed by atoms with Crippen LogP contribution < -0.4 is 9.62 Å². The summed E-state index contributed by atoms with van der Waals surface area (Å²) >= 11 is 0.973. The fourth-order valence-electron chi connectivity index (χ4n) is 3.14. The fraction of sp³-hybridized carbons (Fsp3) is 0.350. The highest BCUT2D eigenvalue weighted by Gasteiger charge is 2.21. The molecule has 156 valence electrons. The molecule has 0 atom stereocenters. The number of amides is 1. The average Bonchev–Trinajstić information content (AvgIpc) is 2.75. The maximum atomic E-state index is 13.4. The second-order valence-electron chi connectivity index (χ2n) is 6.58. The largest absolute Gasteiger partial charge is 0.368 e. The molecular weight excluding hydrogens is 400 g/mol. The lowest BCUT2D eigenvalue weighted by molar-refractivity contribution is -0.159. The molecule has 1 amide bonds. The van der Waals surface area contributed by atoms with Gasteiger partial charge in [-0.1, -0.05) is 12.1 Å². The minimum atomic E-state index is -0.855. The zero-order valence-corrected chi connectivity index (χ0v) is 16.9. The lowest BCUT2D eigenvalue weighted by Crippen LogP contribution is -2.48. The summed E-state index contributed by atoms with van der Waals surface area (Å²) in [7, 11) is 1.43. The maximum Gasteiger partial charge on any atom is 0.223 e. The van der Waals surface area contributed by atoms with Gasteiger partial charge in [0.1, 0.15) is 12.2 Å². The Balaban J connectivity index is 1.43. The standard InChI is InChI=1S/C20H23F2N3O3S/c1-27-28-29-23-16-5-2-15(3-6-16)4-9-20(26)25-12-10-24(11-13-25)17-7-8-18(21)19(22)14-17/h2-3,5-8,14,23H,4,9-13H2,1H3. The number of hydrogen-bond acceptors (Lipinski definition) is 6. The first-order valence-electron chi connectivity index (χ1n) is 9.26. The zero-order valence-electron chi connectivity index (χ0n) is 16.1. The van der Waals surface area contributed by atoms with E-state index in [2.05, 4.69) is 13.9 Å². The molecule has 0 radical (unpaired) electrons. The zero-order chi connectivity index (χ0) is 20.6. The summed E-state index contributed by atoms with van der Waals surface area (Å²) in [6.07, 6.45) is 1.09. The Hall–Kier alpha value is -2.36. The lowest BCUT2D eigenvalue weighted by atomic mass is 10.1. The van der Waals surface area contributed by atoms with Crippen LogP contribution in [0.15, 0.2) is 42.5 Å². The first kappa shape index (κ1) is 21.4. The van der Waals surface area contributed by atoms with Crippen molar-refractivity contribution in [2.75, 3.05) is 42.9 Å². The first-order chi connectivity index (χ1) is 14.1. The minimum Gasteiger partial charge on any atom is -0.368 e. The quantitative estimate of drug-likeness (QED) is 0.229. The topological polar surface area (TPSA) is 54.0 Å². The number of nitrogens with one attached hydrogen (secondary N) is 1. The minimum absolute atomic E-state index is 0.0983. The molecule has 0 bridgehead atoms. The van der Waals surface area contributed by atoms with Crippen molar-refractivity contribution in [1.29, 1.82) is 0 Å². The van der Waals surface area contributed by atoms with Crippen LogP contribution in [0.4, 0.5) is 20.2 Å². The Kier molecular flexibility index (Phi) is 7.68. The number of halogens is 2. The number of piperazine rings is 1. The fourth-order valence-corrected chi connectivity index (χ4v) is 3.48. The van der Waals surface area contributed by atoms with Gasteiger partial charge < -0.3 is 14.5 Å². The van der Waals surface area contributed by atoms with Gasteiger partial charge in [0.25, 0.3) is 0 Å². The molecule has 1 aliphatic rings. The number of benzene rings is 2. The smallest absolute Gasteiger partial charge is 0.223 e. The van der Waals surface area contributed by atoms with E-state index in [-0.39, 0.29) is 5.91 Å². The van der Waals surface area contributed by atoms with Crippen LogP contribution in [-0.2, 0) is 20.4 Å². The Morgan fingerprint density at radius 1 is 1.07 bits per heavy atom. The molecule has 3 rings (SSSR count). The number of aryl methyl sites for hydroxylation is 1. The van der Waals surface area contributed by atoms with Crippen molar-refractivity contribution in [3.63, 3.8) is 0 Å². The summed E-state index contributed by atoms with van der Waals surface area (Å²) < 4.78 is 34.1. The van der Waals surface area contributed by atoms with Gasteiger partial charge in [0.2, 0.25) is 5.91 Å². The summed E-state index contributed by atoms with van der Waals surface area (Å²) in [4.78, 5) is 20.8. The Labute approximate surface area is 173 Å². The van der Waals surface area contributed by atoms with E-state index >= 15 is 0 Å². The third-order valence-corrected chi connectivity index (χ3v) is 5.27. The normalized spacial score (nSPS) is 14.2. The van der Waals surface area contributed by atoms with Crippen LogP contribution in [0.1, 0.15) is 12.0 Å². The van der Waals surface area contributed by atoms with Crippen molar-refractivity contribution in [3.8, 4) is 0 Å². The second-order valence-corrected chi connectivity index (χ2v) is 7.09. The number of carbonyl (C=O) groups is 1. The number of hydrogen-bond donors (Lipinski definition) is 1. The van der Waals surface area contributed by atoms with Crippen molar-refractivity contribution >= 4 is 29.5 Å². The van der Waals surface area contributed by atoms with Gasteiger partial charge in [0, 0.05) is 50.0 Å². The van der Waals surface area contributed by atoms with E-state index in [9.17, 15) is 13.6 Å². The van der Waals surface area contributed by atoms with E-state index < -0.39 is 11.6 Å². The highest BCUT2D eigenvalue weighted by Crippen LogP contribution is 2.20. The molecule has 0 aromatic heterocycles. The number of rotatable bonds is 8. The van der Waals surface area contributed by atoms with Gasteiger partial charge >= 0.3 is 0 Å². The Morgan fingerprint density at radius 3 is 2.45 bits per heavy atom. The first-order valence-corrected chi connectivity index (χ1v) is 10.00. The summed E-state index contributed by atoms with van der Waals surface area (Å²) in [5.41, 5.74) is 2.58. The van der Waals surface area contributed by atoms with E-state index in [4.69, 9.17) is 0 Å². The molecule has 29 heavy (non-hydrogen) atoms. The molecular formula is C20H23F2N3O3S. The van der Waals surface area contributed by atoms with Crippen molar-refractivity contribution in [3.05, 3.63) is 59.7 Å². The third kappa shape index (κ3) is 6.06. The highest BCUT2D eigenvalue weighted by molar-refractivity contribution is 7.95. The van der Waals surface area contributed by atoms with Gasteiger partial charge in [0.15, 0.2) is 11.6 Å². The van der Waals surface area contributed by atoms with Gasteiger partial charge in [-0.2, -0.15) is 0 Å². The summed E-state index contributed by atoms with van der Waals surface area (Å²) in [5, 5.41) is 0. The van der Waals surface area contributed by atoms with E-state index in [1.165, 1.54) is 13.2 Å². The van der Waals surface area contributed by atoms with Crippen LogP contribution in [-0.4, -0.2) is 44.1 Å². The van der Waals surface area contributed by atoms with Gasteiger partial charge in [-0.05, 0) is 36.2 Å². The molecule has 1 N–H and O–H groups in total. The molecule has 1 saturated heterocycles. The molecule has 0 saturated carbocycles. The van der Waals surface area contributed by atoms with Crippen molar-refractivity contribution in [2.45, 2.75) is 12.8 Å². The molecule has 2 aromatic rings. The monoisotopic (exact) mass is 423 g/mol. The van der Waals surface area contributed by atoms with Crippen LogP contribution in [0.25, 0.3) is 0 Å². The van der Waals surface area contributed by atoms with Crippen LogP contribution >= 0.6 is 12.2 Å². The molecule has 1 fully saturated rings. The molecule has 1 heterocycles. The molecule has 0 unspecified atom stereocenters. The van der Waals surface area contributed by atoms with Gasteiger partial charge in [-0.3, -0.25) is 4.79 Å². The SMILES string of the molecule is COOSNc1ccc(CCC(=O)N2CCN(c3ccc(F)c(F)c3)CC2)cc1. The summed E-state index contributed by atoms with van der Waals surface area (Å²) in [5.74, 6) is -1.61. The van der Waals surface area contributed by atoms with Crippen LogP contribution in [0.5, 0.6) is 0 Å². The van der Waals surface area contributed by atoms with Crippen LogP contribution in [0.3, 0.4) is 0 Å². The van der Waals surface area contributed by atoms with Crippen LogP contribution in [0.2, 0.25) is 0 Å². The lowest BCUT2D eigenvalue weighted by Gasteiger charge is -2.36. The van der Waals surface area contributed by atoms with Crippen LogP contribution in [0, 0.1) is 11.6 Å². The summed E-state index contributed by atoms with van der Waals surface area (Å²) in [6.45, 7) is 2.33. The van der Waals surface area contributed by atoms with Gasteiger partial charge in [-0.15, -0.1) is 4.33 Å². The number of anilines is 2. The van der Waals surface area contributed by atoms with Crippen molar-refractivity contribution in [2.24, 2.45) is 0 Å². The van der Waals surface area contributed by atoms with Gasteiger partial charge in [0.05, 0.1) is 7.11 Å². The Bertz CT molecular complexity index is 815. The molecule has 2 aromatic carbocycles. The predicted molar refractivity (Wildman–Crippen MR) is 109 cm³/mol. The van der Waals surface area contributed by atoms with E-state index in [0.29, 0.717) is 44.7 Å². The molecule has 9 heteroatoms. The Morgan fingerprint density at radius 2 is 1.79 bits per heavy atom. The summed E-state index contributed by atoms with van der Waals surface area (Å²) in [6, 6.07) is 11.6. The maximum absolute atomic E-state index is 13.4. The molecule has 0 spiro atoms. The van der Waals surface area contributed by atoms with Crippen molar-refractivity contribution < 1.29 is 22.8 Å². The number of carbonyl (C=O) groups excluding carboxylic acids is 1. The van der Waals surface area contributed by atoms with E-state index in [1.54, 1.807) is 6.07 Å². The van der Waals surface area contributed by atoms with E-state index in [1.807, 2.05) is 34.1 Å². The molecule has 1 aliphatic heterocycles. The average molecular weight is 423 g/mol. The predicted octanol–water partition coefficient (Wildman–Crippen LogP) is 3.80. The van der Waals surface area contributed by atoms with E-state index in [0.717, 1.165) is 29.5 Å². The van der Waals surface area contributed by atoms with Crippen molar-refractivity contribution in [1.82, 2.24) is 4.90 Å². The number of nitrogens with zero attached hydrogens (tertiary/aromatic N) is 2. The highest BCUT2D eigenvalue weighted by atomic mass is 32.2. The molecule has 6 nitrogen and oxygen atoms in total.